The Morgan fingerprint density at radius 2 is 1.74 bits per heavy atom. The maximum Gasteiger partial charge on any atom is 0.275 e. The highest BCUT2D eigenvalue weighted by Crippen LogP contribution is 2.40. The fraction of sp³-hybridized carbons (Fsp3) is 0.306. The number of carbonyl (C=O) groups is 1. The number of aryl methyl sites for hydroxylation is 3. The lowest BCUT2D eigenvalue weighted by atomic mass is 9.93. The van der Waals surface area contributed by atoms with Crippen LogP contribution in [0, 0.1) is 32.1 Å². The fourth-order valence-electron chi connectivity index (χ4n) is 6.29. The maximum absolute atomic E-state index is 14.5. The van der Waals surface area contributed by atoms with Crippen LogP contribution in [0.2, 0.25) is 5.02 Å². The summed E-state index contributed by atoms with van der Waals surface area (Å²) < 4.78 is 1.69. The van der Waals surface area contributed by atoms with Crippen molar-refractivity contribution < 1.29 is 4.79 Å². The van der Waals surface area contributed by atoms with E-state index in [1.54, 1.807) is 9.47 Å². The van der Waals surface area contributed by atoms with Crippen LogP contribution in [0.5, 0.6) is 0 Å². The Morgan fingerprint density at radius 1 is 1.05 bits per heavy atom. The number of halogens is 1. The molecule has 2 heterocycles. The lowest BCUT2D eigenvalue weighted by molar-refractivity contribution is -0.126. The minimum Gasteiger partial charge on any atom is -0.363 e. The normalized spacial score (nSPS) is 15.2. The highest BCUT2D eigenvalue weighted by molar-refractivity contribution is 6.34. The van der Waals surface area contributed by atoms with E-state index < -0.39 is 0 Å². The SMILES string of the molecule is C=CC(=O)N1CCN(c2c(C#N)c(=O)n(-c3ccccc3C(C)C)c3cc(-c4cc(C)c(C)cc4C)c(Cl)cc23)[C@@H](C)C1. The summed E-state index contributed by atoms with van der Waals surface area (Å²) in [7, 11) is 0. The van der Waals surface area contributed by atoms with Crippen molar-refractivity contribution in [1.82, 2.24) is 9.47 Å². The molecule has 4 aromatic rings. The molecule has 6 nitrogen and oxygen atoms in total. The van der Waals surface area contributed by atoms with Gasteiger partial charge in [0, 0.05) is 41.6 Å². The van der Waals surface area contributed by atoms with E-state index in [0.29, 0.717) is 35.9 Å². The Bertz CT molecular complexity index is 1880. The molecule has 0 N–H and O–H groups in total. The van der Waals surface area contributed by atoms with Crippen LogP contribution in [0.1, 0.15) is 54.5 Å². The van der Waals surface area contributed by atoms with Gasteiger partial charge < -0.3 is 9.80 Å². The maximum atomic E-state index is 14.5. The number of fused-ring (bicyclic) bond motifs is 1. The summed E-state index contributed by atoms with van der Waals surface area (Å²) in [5.41, 5.74) is 7.95. The van der Waals surface area contributed by atoms with E-state index in [0.717, 1.165) is 38.9 Å². The van der Waals surface area contributed by atoms with Crippen LogP contribution in [-0.4, -0.2) is 41.1 Å². The van der Waals surface area contributed by atoms with Crippen molar-refractivity contribution in [2.75, 3.05) is 24.5 Å². The van der Waals surface area contributed by atoms with Crippen molar-refractivity contribution >= 4 is 34.1 Å². The third kappa shape index (κ3) is 5.23. The molecule has 1 aliphatic heterocycles. The summed E-state index contributed by atoms with van der Waals surface area (Å²) >= 11 is 7.10. The molecule has 0 unspecified atom stereocenters. The number of pyridine rings is 1. The van der Waals surface area contributed by atoms with Crippen molar-refractivity contribution in [2.45, 2.75) is 53.5 Å². The summed E-state index contributed by atoms with van der Waals surface area (Å²) in [5, 5.41) is 11.8. The lowest BCUT2D eigenvalue weighted by Crippen LogP contribution is -2.54. The predicted molar refractivity (Wildman–Crippen MR) is 177 cm³/mol. The van der Waals surface area contributed by atoms with Crippen molar-refractivity contribution in [3.63, 3.8) is 0 Å². The van der Waals surface area contributed by atoms with Crippen molar-refractivity contribution in [3.05, 3.63) is 104 Å². The van der Waals surface area contributed by atoms with Crippen molar-refractivity contribution in [2.24, 2.45) is 0 Å². The molecular weight excluding hydrogens is 556 g/mol. The Balaban J connectivity index is 1.88. The minimum atomic E-state index is -0.375. The number of nitriles is 1. The number of rotatable bonds is 5. The Kier molecular flexibility index (Phi) is 8.23. The van der Waals surface area contributed by atoms with Gasteiger partial charge in [0.15, 0.2) is 0 Å². The first-order valence-electron chi connectivity index (χ1n) is 14.7. The molecule has 0 aliphatic carbocycles. The number of benzene rings is 3. The van der Waals surface area contributed by atoms with Crippen molar-refractivity contribution in [3.8, 4) is 22.9 Å². The van der Waals surface area contributed by atoms with E-state index in [4.69, 9.17) is 11.6 Å². The molecular formula is C36H37ClN4O2. The highest BCUT2D eigenvalue weighted by atomic mass is 35.5. The van der Waals surface area contributed by atoms with E-state index in [2.05, 4.69) is 64.3 Å². The van der Waals surface area contributed by atoms with Gasteiger partial charge in [-0.1, -0.05) is 62.4 Å². The molecule has 0 radical (unpaired) electrons. The number of hydrogen-bond donors (Lipinski definition) is 0. The van der Waals surface area contributed by atoms with Gasteiger partial charge in [0.1, 0.15) is 11.6 Å². The molecule has 43 heavy (non-hydrogen) atoms. The molecule has 1 atom stereocenters. The van der Waals surface area contributed by atoms with Gasteiger partial charge >= 0.3 is 0 Å². The third-order valence-corrected chi connectivity index (χ3v) is 8.99. The second kappa shape index (κ2) is 11.7. The number of para-hydroxylation sites is 1. The monoisotopic (exact) mass is 592 g/mol. The molecule has 1 aromatic heterocycles. The summed E-state index contributed by atoms with van der Waals surface area (Å²) in [4.78, 5) is 30.7. The minimum absolute atomic E-state index is 0.0626. The summed E-state index contributed by atoms with van der Waals surface area (Å²) in [5.74, 6) is 0.0154. The van der Waals surface area contributed by atoms with Gasteiger partial charge in [-0.25, -0.2) is 0 Å². The highest BCUT2D eigenvalue weighted by Gasteiger charge is 2.31. The van der Waals surface area contributed by atoms with Crippen LogP contribution in [0.25, 0.3) is 27.7 Å². The predicted octanol–water partition coefficient (Wildman–Crippen LogP) is 7.45. The average Bonchev–Trinajstić information content (AvgIpc) is 2.98. The quantitative estimate of drug-likeness (QED) is 0.226. The number of amides is 1. The summed E-state index contributed by atoms with van der Waals surface area (Å²) in [6.07, 6.45) is 1.32. The van der Waals surface area contributed by atoms with E-state index in [1.165, 1.54) is 11.6 Å². The first-order valence-corrected chi connectivity index (χ1v) is 15.0. The third-order valence-electron chi connectivity index (χ3n) is 8.68. The molecule has 0 bridgehead atoms. The second-order valence-corrected chi connectivity index (χ2v) is 12.2. The number of hydrogen-bond acceptors (Lipinski definition) is 4. The summed E-state index contributed by atoms with van der Waals surface area (Å²) in [6.45, 7) is 17.4. The van der Waals surface area contributed by atoms with E-state index in [9.17, 15) is 14.9 Å². The van der Waals surface area contributed by atoms with Crippen LogP contribution < -0.4 is 10.5 Å². The first kappa shape index (κ1) is 30.1. The van der Waals surface area contributed by atoms with Gasteiger partial charge in [-0.2, -0.15) is 5.26 Å². The molecule has 3 aromatic carbocycles. The van der Waals surface area contributed by atoms with Crippen LogP contribution in [0.3, 0.4) is 0 Å². The van der Waals surface area contributed by atoms with Gasteiger partial charge in [-0.15, -0.1) is 0 Å². The van der Waals surface area contributed by atoms with E-state index in [-0.39, 0.29) is 29.0 Å². The molecule has 0 saturated carbocycles. The molecule has 7 heteroatoms. The second-order valence-electron chi connectivity index (χ2n) is 11.8. The average molecular weight is 593 g/mol. The van der Waals surface area contributed by atoms with Crippen LogP contribution in [0.4, 0.5) is 5.69 Å². The van der Waals surface area contributed by atoms with Gasteiger partial charge in [-0.05, 0) is 85.7 Å². The molecule has 0 spiro atoms. The summed E-state index contributed by atoms with van der Waals surface area (Å²) in [6, 6.07) is 18.2. The zero-order chi connectivity index (χ0) is 31.2. The lowest BCUT2D eigenvalue weighted by Gasteiger charge is -2.41. The Labute approximate surface area is 258 Å². The fourth-order valence-corrected chi connectivity index (χ4v) is 6.55. The number of nitrogens with zero attached hydrogens (tertiary/aromatic N) is 4. The zero-order valence-corrected chi connectivity index (χ0v) is 26.4. The zero-order valence-electron chi connectivity index (χ0n) is 25.7. The number of piperazine rings is 1. The van der Waals surface area contributed by atoms with Crippen LogP contribution >= 0.6 is 11.6 Å². The van der Waals surface area contributed by atoms with Crippen LogP contribution in [-0.2, 0) is 4.79 Å². The Morgan fingerprint density at radius 3 is 2.40 bits per heavy atom. The molecule has 5 rings (SSSR count). The van der Waals surface area contributed by atoms with Crippen molar-refractivity contribution in [1.29, 1.82) is 5.26 Å². The molecule has 1 aliphatic rings. The molecule has 1 saturated heterocycles. The largest absolute Gasteiger partial charge is 0.363 e. The molecule has 1 amide bonds. The standard InChI is InChI=1S/C36H37ClN4O2/c1-8-34(42)39-13-14-40(25(7)20-39)35-29-17-31(37)28(27-16-23(5)22(4)15-24(27)6)18-33(29)41(36(43)30(35)19-38)32-12-10-9-11-26(32)21(2)3/h8-12,15-18,21,25H,1,13-14,20H2,2-7H3/t25-/m0/s1. The van der Waals surface area contributed by atoms with Crippen LogP contribution in [0.15, 0.2) is 66.0 Å². The Hall–Kier alpha value is -4.34. The van der Waals surface area contributed by atoms with Gasteiger partial charge in [0.25, 0.3) is 5.56 Å². The topological polar surface area (TPSA) is 69.3 Å². The van der Waals surface area contributed by atoms with Gasteiger partial charge in [0.2, 0.25) is 5.91 Å². The molecule has 1 fully saturated rings. The smallest absolute Gasteiger partial charge is 0.275 e. The van der Waals surface area contributed by atoms with Gasteiger partial charge in [0.05, 0.1) is 16.9 Å². The first-order chi connectivity index (χ1) is 20.5. The number of anilines is 1. The number of carbonyl (C=O) groups excluding carboxylic acids is 1. The van der Waals surface area contributed by atoms with E-state index >= 15 is 0 Å². The molecule has 220 valence electrons. The number of aromatic nitrogens is 1. The van der Waals surface area contributed by atoms with Gasteiger partial charge in [-0.3, -0.25) is 14.2 Å². The van der Waals surface area contributed by atoms with E-state index in [1.807, 2.05) is 43.3 Å².